The molecule has 4 nitrogen and oxygen atoms in total. The molecule has 4 rings (SSSR count). The van der Waals surface area contributed by atoms with Crippen LogP contribution in [0, 0.1) is 0 Å². The first-order chi connectivity index (χ1) is 20.8. The maximum atomic E-state index is 14.5. The van der Waals surface area contributed by atoms with Gasteiger partial charge in [0.1, 0.15) is 22.8 Å². The van der Waals surface area contributed by atoms with E-state index in [9.17, 15) is 34.8 Å². The second-order valence-electron chi connectivity index (χ2n) is 11.8. The molecule has 4 aromatic carbocycles. The number of sulfone groups is 1. The van der Waals surface area contributed by atoms with Gasteiger partial charge in [-0.25, -0.2) is 8.42 Å². The fraction of sp³-hybridized carbons (Fsp3) is 0.294. The molecule has 0 aliphatic carbocycles. The van der Waals surface area contributed by atoms with E-state index in [1.165, 1.54) is 36.4 Å². The van der Waals surface area contributed by atoms with E-state index in [-0.39, 0.29) is 33.0 Å². The first-order valence-electron chi connectivity index (χ1n) is 13.9. The molecule has 0 saturated heterocycles. The van der Waals surface area contributed by atoms with Crippen molar-refractivity contribution in [3.63, 3.8) is 0 Å². The third-order valence-electron chi connectivity index (χ3n) is 7.08. The Balaban J connectivity index is 1.62. The van der Waals surface area contributed by atoms with E-state index in [0.29, 0.717) is 0 Å². The van der Waals surface area contributed by atoms with E-state index in [1.807, 2.05) is 13.8 Å². The molecule has 0 amide bonds. The Kier molecular flexibility index (Phi) is 9.09. The van der Waals surface area contributed by atoms with Crippen LogP contribution >= 0.6 is 0 Å². The Bertz CT molecular complexity index is 1690. The number of halogens is 6. The highest BCUT2D eigenvalue weighted by Crippen LogP contribution is 2.56. The van der Waals surface area contributed by atoms with Gasteiger partial charge in [0, 0.05) is 0 Å². The third-order valence-corrected chi connectivity index (χ3v) is 8.86. The van der Waals surface area contributed by atoms with Crippen molar-refractivity contribution in [2.24, 2.45) is 0 Å². The van der Waals surface area contributed by atoms with Gasteiger partial charge >= 0.3 is 12.4 Å². The molecule has 0 bridgehead atoms. The molecule has 0 N–H and O–H groups in total. The smallest absolute Gasteiger partial charge is 0.411 e. The topological polar surface area (TPSA) is 52.6 Å². The minimum Gasteiger partial charge on any atom is -0.488 e. The van der Waals surface area contributed by atoms with E-state index >= 15 is 0 Å². The van der Waals surface area contributed by atoms with Crippen LogP contribution in [-0.2, 0) is 15.3 Å². The summed E-state index contributed by atoms with van der Waals surface area (Å²) in [5, 5.41) is 0. The van der Waals surface area contributed by atoms with Gasteiger partial charge in [-0.15, -0.1) is 0 Å². The largest absolute Gasteiger partial charge is 0.488 e. The zero-order valence-corrected chi connectivity index (χ0v) is 25.9. The zero-order valence-electron chi connectivity index (χ0n) is 25.1. The monoisotopic (exact) mass is 650 g/mol. The molecule has 0 spiro atoms. The quantitative estimate of drug-likeness (QED) is 0.178. The van der Waals surface area contributed by atoms with E-state index in [0.717, 1.165) is 54.1 Å². The molecule has 0 atom stereocenters. The normalized spacial score (nSPS) is 13.2. The van der Waals surface area contributed by atoms with Crippen LogP contribution in [0.15, 0.2) is 107 Å². The summed E-state index contributed by atoms with van der Waals surface area (Å²) in [4.78, 5) is 0.0897. The standard InChI is InChI=1S/C34H32F6O4S/c1-22(2)23-6-18-29(19-7-23)45(41,42)30-20-16-27(17-21-30)43-26-12-8-24(9-13-26)32(33(35,36)37,34(38,39)40)25-10-14-28(15-11-25)44-31(3,4)5/h6-22H,1-5H3. The summed E-state index contributed by atoms with van der Waals surface area (Å²) in [6.07, 6.45) is -11.5. The summed E-state index contributed by atoms with van der Waals surface area (Å²) in [5.74, 6) is 0.428. The lowest BCUT2D eigenvalue weighted by Crippen LogP contribution is -2.54. The molecule has 45 heavy (non-hydrogen) atoms. The summed E-state index contributed by atoms with van der Waals surface area (Å²) in [7, 11) is -3.84. The van der Waals surface area contributed by atoms with Crippen molar-refractivity contribution in [3.8, 4) is 17.2 Å². The van der Waals surface area contributed by atoms with Crippen molar-refractivity contribution in [2.45, 2.75) is 73.7 Å². The fourth-order valence-electron chi connectivity index (χ4n) is 4.87. The van der Waals surface area contributed by atoms with Gasteiger partial charge < -0.3 is 9.47 Å². The van der Waals surface area contributed by atoms with Gasteiger partial charge in [0.2, 0.25) is 15.3 Å². The summed E-state index contributed by atoms with van der Waals surface area (Å²) >= 11 is 0. The average molecular weight is 651 g/mol. The summed E-state index contributed by atoms with van der Waals surface area (Å²) < 4.78 is 125. The van der Waals surface area contributed by atoms with Crippen LogP contribution in [0.5, 0.6) is 17.2 Å². The molecule has 240 valence electrons. The van der Waals surface area contributed by atoms with Gasteiger partial charge in [-0.1, -0.05) is 50.2 Å². The van der Waals surface area contributed by atoms with Gasteiger partial charge in [0.15, 0.2) is 0 Å². The lowest BCUT2D eigenvalue weighted by molar-refractivity contribution is -0.288. The Hall–Kier alpha value is -3.99. The maximum Gasteiger partial charge on any atom is 0.411 e. The molecule has 4 aromatic rings. The van der Waals surface area contributed by atoms with Crippen molar-refractivity contribution >= 4 is 9.84 Å². The number of hydrogen-bond acceptors (Lipinski definition) is 4. The minimum atomic E-state index is -5.75. The molecule has 0 unspecified atom stereocenters. The third kappa shape index (κ3) is 6.98. The SMILES string of the molecule is CC(C)c1ccc(S(=O)(=O)c2ccc(Oc3ccc(C(c4ccc(OC(C)(C)C)cc4)(C(F)(F)F)C(F)(F)F)cc3)cc2)cc1. The van der Waals surface area contributed by atoms with Gasteiger partial charge in [-0.2, -0.15) is 26.3 Å². The van der Waals surface area contributed by atoms with Crippen LogP contribution in [0.3, 0.4) is 0 Å². The number of benzene rings is 4. The Morgan fingerprint density at radius 3 is 1.27 bits per heavy atom. The summed E-state index contributed by atoms with van der Waals surface area (Å²) in [5.41, 5.74) is -6.13. The fourth-order valence-corrected chi connectivity index (χ4v) is 6.13. The predicted molar refractivity (Wildman–Crippen MR) is 159 cm³/mol. The average Bonchev–Trinajstić information content (AvgIpc) is 2.93. The van der Waals surface area contributed by atoms with Crippen LogP contribution in [0.1, 0.15) is 57.2 Å². The molecule has 0 fully saturated rings. The Morgan fingerprint density at radius 2 is 0.911 bits per heavy atom. The zero-order chi connectivity index (χ0) is 33.4. The highest BCUT2D eigenvalue weighted by atomic mass is 32.2. The Labute approximate surface area is 258 Å². The molecular weight excluding hydrogens is 618 g/mol. The van der Waals surface area contributed by atoms with Gasteiger partial charge in [-0.3, -0.25) is 0 Å². The number of ether oxygens (including phenoxy) is 2. The number of rotatable bonds is 8. The van der Waals surface area contributed by atoms with Crippen molar-refractivity contribution in [1.82, 2.24) is 0 Å². The first kappa shape index (κ1) is 33.9. The molecule has 0 saturated carbocycles. The van der Waals surface area contributed by atoms with E-state index in [4.69, 9.17) is 9.47 Å². The lowest BCUT2D eigenvalue weighted by Gasteiger charge is -2.38. The van der Waals surface area contributed by atoms with E-state index in [1.54, 1.807) is 32.9 Å². The molecule has 0 aliphatic heterocycles. The van der Waals surface area contributed by atoms with Crippen LogP contribution in [0.2, 0.25) is 0 Å². The van der Waals surface area contributed by atoms with E-state index < -0.39 is 44.3 Å². The summed E-state index contributed by atoms with van der Waals surface area (Å²) in [6.45, 7) is 9.07. The molecule has 0 aromatic heterocycles. The maximum absolute atomic E-state index is 14.5. The van der Waals surface area contributed by atoms with Gasteiger partial charge in [-0.05, 0) is 104 Å². The van der Waals surface area contributed by atoms with Crippen molar-refractivity contribution < 1.29 is 44.2 Å². The summed E-state index contributed by atoms with van der Waals surface area (Å²) in [6, 6.07) is 18.9. The molecule has 0 aliphatic rings. The van der Waals surface area contributed by atoms with Gasteiger partial charge in [0.05, 0.1) is 9.79 Å². The Morgan fingerprint density at radius 1 is 0.556 bits per heavy atom. The van der Waals surface area contributed by atoms with Crippen LogP contribution in [-0.4, -0.2) is 26.4 Å². The lowest BCUT2D eigenvalue weighted by atomic mass is 9.73. The van der Waals surface area contributed by atoms with Gasteiger partial charge in [0.25, 0.3) is 0 Å². The second-order valence-corrected chi connectivity index (χ2v) is 13.8. The number of hydrogen-bond donors (Lipinski definition) is 0. The van der Waals surface area contributed by atoms with Crippen LogP contribution in [0.4, 0.5) is 26.3 Å². The number of alkyl halides is 6. The molecule has 11 heteroatoms. The first-order valence-corrected chi connectivity index (χ1v) is 15.4. The van der Waals surface area contributed by atoms with Crippen LogP contribution < -0.4 is 9.47 Å². The highest BCUT2D eigenvalue weighted by Gasteiger charge is 2.72. The highest BCUT2D eigenvalue weighted by molar-refractivity contribution is 7.91. The van der Waals surface area contributed by atoms with E-state index in [2.05, 4.69) is 0 Å². The molecule has 0 radical (unpaired) electrons. The molecular formula is C34H32F6O4S. The minimum absolute atomic E-state index is 0.0125. The van der Waals surface area contributed by atoms with Crippen molar-refractivity contribution in [3.05, 3.63) is 114 Å². The van der Waals surface area contributed by atoms with Crippen LogP contribution in [0.25, 0.3) is 0 Å². The predicted octanol–water partition coefficient (Wildman–Crippen LogP) is 10.0. The second kappa shape index (κ2) is 12.1. The van der Waals surface area contributed by atoms with Crippen molar-refractivity contribution in [2.75, 3.05) is 0 Å². The molecule has 0 heterocycles. The van der Waals surface area contributed by atoms with Crippen molar-refractivity contribution in [1.29, 1.82) is 0 Å².